The van der Waals surface area contributed by atoms with E-state index in [0.29, 0.717) is 13.1 Å². The van der Waals surface area contributed by atoms with E-state index in [1.54, 1.807) is 11.2 Å². The van der Waals surface area contributed by atoms with Gasteiger partial charge in [-0.05, 0) is 38.5 Å². The minimum Gasteiger partial charge on any atom is -0.463 e. The molecule has 3 heterocycles. The lowest BCUT2D eigenvalue weighted by molar-refractivity contribution is 0.0119. The van der Waals surface area contributed by atoms with E-state index in [4.69, 9.17) is 9.15 Å². The Morgan fingerprint density at radius 1 is 1.10 bits per heavy atom. The summed E-state index contributed by atoms with van der Waals surface area (Å²) in [7, 11) is 0. The Balaban J connectivity index is 1.58. The molecular formula is C23H28N4O3. The lowest BCUT2D eigenvalue weighted by Gasteiger charge is -2.39. The van der Waals surface area contributed by atoms with Gasteiger partial charge in [0.05, 0.1) is 12.3 Å². The number of aromatic nitrogens is 2. The van der Waals surface area contributed by atoms with Crippen molar-refractivity contribution in [3.8, 4) is 11.5 Å². The van der Waals surface area contributed by atoms with Crippen LogP contribution in [-0.2, 0) is 4.74 Å². The van der Waals surface area contributed by atoms with Crippen LogP contribution in [0, 0.1) is 0 Å². The molecule has 1 N–H and O–H groups in total. The first-order valence-corrected chi connectivity index (χ1v) is 10.3. The molecule has 1 aliphatic heterocycles. The van der Waals surface area contributed by atoms with Gasteiger partial charge in [0.1, 0.15) is 11.3 Å². The zero-order valence-electron chi connectivity index (χ0n) is 17.7. The van der Waals surface area contributed by atoms with Crippen molar-refractivity contribution in [2.75, 3.05) is 26.2 Å². The first-order chi connectivity index (χ1) is 14.4. The van der Waals surface area contributed by atoms with Gasteiger partial charge in [0.15, 0.2) is 5.76 Å². The van der Waals surface area contributed by atoms with E-state index in [1.165, 1.54) is 5.56 Å². The molecule has 0 bridgehead atoms. The van der Waals surface area contributed by atoms with E-state index in [9.17, 15) is 4.79 Å². The highest BCUT2D eigenvalue weighted by molar-refractivity contribution is 5.68. The molecule has 0 spiro atoms. The molecule has 1 saturated heterocycles. The van der Waals surface area contributed by atoms with Crippen molar-refractivity contribution >= 4 is 6.09 Å². The Hall–Kier alpha value is -3.06. The second-order valence-electron chi connectivity index (χ2n) is 8.48. The van der Waals surface area contributed by atoms with Gasteiger partial charge >= 0.3 is 6.09 Å². The van der Waals surface area contributed by atoms with Gasteiger partial charge < -0.3 is 14.1 Å². The Bertz CT molecular complexity index is 952. The predicted octanol–water partition coefficient (Wildman–Crippen LogP) is 4.31. The SMILES string of the molecule is CC(C)(C)OC(=O)N1CCN(C(c2ccccc2)c2c[nH]nc2-c2ccco2)CC1. The zero-order chi connectivity index (χ0) is 21.1. The molecule has 0 aliphatic carbocycles. The summed E-state index contributed by atoms with van der Waals surface area (Å²) in [6.45, 7) is 8.38. The van der Waals surface area contributed by atoms with Crippen molar-refractivity contribution in [3.05, 3.63) is 66.1 Å². The second-order valence-corrected chi connectivity index (χ2v) is 8.48. The van der Waals surface area contributed by atoms with E-state index < -0.39 is 5.60 Å². The number of carbonyl (C=O) groups is 1. The van der Waals surface area contributed by atoms with E-state index in [0.717, 1.165) is 30.1 Å². The topological polar surface area (TPSA) is 74.6 Å². The number of hydrogen-bond acceptors (Lipinski definition) is 5. The molecule has 1 amide bonds. The van der Waals surface area contributed by atoms with E-state index in [1.807, 2.05) is 57.3 Å². The van der Waals surface area contributed by atoms with Crippen LogP contribution in [-0.4, -0.2) is 57.9 Å². The van der Waals surface area contributed by atoms with Gasteiger partial charge in [0.2, 0.25) is 0 Å². The molecule has 1 unspecified atom stereocenters. The minimum absolute atomic E-state index is 0.00540. The van der Waals surface area contributed by atoms with Crippen LogP contribution in [0.1, 0.15) is 37.9 Å². The summed E-state index contributed by atoms with van der Waals surface area (Å²) in [5.74, 6) is 0.736. The molecule has 30 heavy (non-hydrogen) atoms. The first kappa shape index (κ1) is 20.2. The van der Waals surface area contributed by atoms with Crippen LogP contribution in [0.15, 0.2) is 59.3 Å². The number of piperazine rings is 1. The molecule has 2 aromatic heterocycles. The summed E-state index contributed by atoms with van der Waals surface area (Å²) < 4.78 is 11.2. The van der Waals surface area contributed by atoms with Crippen molar-refractivity contribution in [1.29, 1.82) is 0 Å². The highest BCUT2D eigenvalue weighted by atomic mass is 16.6. The molecule has 1 fully saturated rings. The maximum atomic E-state index is 12.5. The van der Waals surface area contributed by atoms with Gasteiger partial charge in [-0.2, -0.15) is 5.10 Å². The number of rotatable bonds is 4. The van der Waals surface area contributed by atoms with Gasteiger partial charge in [0.25, 0.3) is 0 Å². The zero-order valence-corrected chi connectivity index (χ0v) is 17.7. The molecule has 0 saturated carbocycles. The molecule has 1 atom stereocenters. The van der Waals surface area contributed by atoms with E-state index in [2.05, 4.69) is 27.2 Å². The standard InChI is InChI=1S/C23H28N4O3/c1-23(2,3)30-22(28)27-13-11-26(12-14-27)21(17-8-5-4-6-9-17)18-16-24-25-20(18)19-10-7-15-29-19/h4-10,15-16,21H,11-14H2,1-3H3,(H,24,25). The molecule has 158 valence electrons. The molecule has 1 aliphatic rings. The van der Waals surface area contributed by atoms with Gasteiger partial charge in [-0.25, -0.2) is 4.79 Å². The minimum atomic E-state index is -0.491. The average molecular weight is 409 g/mol. The van der Waals surface area contributed by atoms with Gasteiger partial charge in [-0.3, -0.25) is 10.00 Å². The number of H-pyrrole nitrogens is 1. The van der Waals surface area contributed by atoms with Crippen molar-refractivity contribution in [3.63, 3.8) is 0 Å². The van der Waals surface area contributed by atoms with Crippen molar-refractivity contribution < 1.29 is 13.9 Å². The fraction of sp³-hybridized carbons (Fsp3) is 0.391. The third kappa shape index (κ3) is 4.41. The summed E-state index contributed by atoms with van der Waals surface area (Å²) >= 11 is 0. The second kappa shape index (κ2) is 8.36. The fourth-order valence-corrected chi connectivity index (χ4v) is 3.83. The lowest BCUT2D eigenvalue weighted by atomic mass is 9.96. The molecular weight excluding hydrogens is 380 g/mol. The smallest absolute Gasteiger partial charge is 0.410 e. The molecule has 7 nitrogen and oxygen atoms in total. The quantitative estimate of drug-likeness (QED) is 0.696. The normalized spacial score (nSPS) is 16.4. The number of carbonyl (C=O) groups excluding carboxylic acids is 1. The summed E-state index contributed by atoms with van der Waals surface area (Å²) in [4.78, 5) is 16.6. The van der Waals surface area contributed by atoms with Gasteiger partial charge in [-0.1, -0.05) is 30.3 Å². The summed E-state index contributed by atoms with van der Waals surface area (Å²) in [6.07, 6.45) is 3.35. The Morgan fingerprint density at radius 3 is 2.47 bits per heavy atom. The Morgan fingerprint density at radius 2 is 1.83 bits per heavy atom. The van der Waals surface area contributed by atoms with Crippen LogP contribution >= 0.6 is 0 Å². The number of amides is 1. The highest BCUT2D eigenvalue weighted by Gasteiger charge is 2.32. The lowest BCUT2D eigenvalue weighted by Crippen LogP contribution is -2.51. The first-order valence-electron chi connectivity index (χ1n) is 10.3. The van der Waals surface area contributed by atoms with Gasteiger partial charge in [0, 0.05) is 37.9 Å². The summed E-state index contributed by atoms with van der Waals surface area (Å²) in [5.41, 5.74) is 2.55. The van der Waals surface area contributed by atoms with Crippen LogP contribution in [0.2, 0.25) is 0 Å². The largest absolute Gasteiger partial charge is 0.463 e. The monoisotopic (exact) mass is 408 g/mol. The summed E-state index contributed by atoms with van der Waals surface area (Å²) in [6, 6.07) is 14.2. The average Bonchev–Trinajstić information content (AvgIpc) is 3.40. The molecule has 3 aromatic rings. The van der Waals surface area contributed by atoms with Crippen LogP contribution in [0.25, 0.3) is 11.5 Å². The Kier molecular flexibility index (Phi) is 5.63. The third-order valence-corrected chi connectivity index (χ3v) is 5.17. The Labute approximate surface area is 176 Å². The van der Waals surface area contributed by atoms with E-state index in [-0.39, 0.29) is 12.1 Å². The van der Waals surface area contributed by atoms with E-state index >= 15 is 0 Å². The number of benzene rings is 1. The third-order valence-electron chi connectivity index (χ3n) is 5.17. The van der Waals surface area contributed by atoms with Crippen LogP contribution in [0.4, 0.5) is 4.79 Å². The maximum absolute atomic E-state index is 12.5. The van der Waals surface area contributed by atoms with Crippen molar-refractivity contribution in [1.82, 2.24) is 20.0 Å². The number of nitrogens with zero attached hydrogens (tertiary/aromatic N) is 3. The molecule has 1 aromatic carbocycles. The van der Waals surface area contributed by atoms with Gasteiger partial charge in [-0.15, -0.1) is 0 Å². The van der Waals surface area contributed by atoms with Crippen LogP contribution < -0.4 is 0 Å². The fourth-order valence-electron chi connectivity index (χ4n) is 3.83. The number of hydrogen-bond donors (Lipinski definition) is 1. The molecule has 4 rings (SSSR count). The number of ether oxygens (including phenoxy) is 1. The predicted molar refractivity (Wildman–Crippen MR) is 114 cm³/mol. The molecule has 0 radical (unpaired) electrons. The highest BCUT2D eigenvalue weighted by Crippen LogP contribution is 2.35. The van der Waals surface area contributed by atoms with Crippen molar-refractivity contribution in [2.45, 2.75) is 32.4 Å². The number of aromatic amines is 1. The number of nitrogens with one attached hydrogen (secondary N) is 1. The molecule has 7 heteroatoms. The number of furan rings is 1. The maximum Gasteiger partial charge on any atom is 0.410 e. The van der Waals surface area contributed by atoms with Crippen molar-refractivity contribution in [2.24, 2.45) is 0 Å². The summed E-state index contributed by atoms with van der Waals surface area (Å²) in [5, 5.41) is 7.46. The van der Waals surface area contributed by atoms with Crippen LogP contribution in [0.5, 0.6) is 0 Å². The van der Waals surface area contributed by atoms with Crippen LogP contribution in [0.3, 0.4) is 0 Å².